The van der Waals surface area contributed by atoms with E-state index in [2.05, 4.69) is 25.0 Å². The van der Waals surface area contributed by atoms with Crippen molar-refractivity contribution in [1.29, 1.82) is 0 Å². The average molecular weight is 463 g/mol. The van der Waals surface area contributed by atoms with E-state index in [1.54, 1.807) is 47.2 Å². The van der Waals surface area contributed by atoms with Crippen LogP contribution in [0.4, 0.5) is 5.69 Å². The standard InChI is InChI=1S/C22H15ClN6O2S/c23-17-4-2-6-19(14-17)32(30,31)28-18-5-1-3-16(13-18)20-7-8-21-25-26-22(29(21)27-20)15-9-11-24-12-10-15/h1-14,28H. The van der Waals surface area contributed by atoms with Gasteiger partial charge in [-0.25, -0.2) is 8.42 Å². The van der Waals surface area contributed by atoms with Gasteiger partial charge >= 0.3 is 0 Å². The van der Waals surface area contributed by atoms with Gasteiger partial charge in [0.2, 0.25) is 0 Å². The van der Waals surface area contributed by atoms with Gasteiger partial charge in [0.05, 0.1) is 10.6 Å². The number of fused-ring (bicyclic) bond motifs is 1. The molecular weight excluding hydrogens is 448 g/mol. The van der Waals surface area contributed by atoms with Gasteiger partial charge in [0.15, 0.2) is 11.5 Å². The number of pyridine rings is 1. The van der Waals surface area contributed by atoms with Gasteiger partial charge in [-0.05, 0) is 54.6 Å². The lowest BCUT2D eigenvalue weighted by molar-refractivity contribution is 0.601. The predicted octanol–water partition coefficient (Wildman–Crippen LogP) is 4.31. The number of sulfonamides is 1. The van der Waals surface area contributed by atoms with Crippen molar-refractivity contribution >= 4 is 33.0 Å². The molecule has 0 radical (unpaired) electrons. The van der Waals surface area contributed by atoms with Crippen LogP contribution in [0.1, 0.15) is 0 Å². The molecular formula is C22H15ClN6O2S. The van der Waals surface area contributed by atoms with Crippen LogP contribution in [0, 0.1) is 0 Å². The van der Waals surface area contributed by atoms with E-state index in [1.165, 1.54) is 12.1 Å². The molecule has 0 aliphatic carbocycles. The smallest absolute Gasteiger partial charge is 0.261 e. The van der Waals surface area contributed by atoms with Crippen molar-refractivity contribution in [3.63, 3.8) is 0 Å². The maximum absolute atomic E-state index is 12.7. The number of aromatic nitrogens is 5. The van der Waals surface area contributed by atoms with E-state index >= 15 is 0 Å². The van der Waals surface area contributed by atoms with E-state index in [9.17, 15) is 8.42 Å². The Morgan fingerprint density at radius 1 is 0.844 bits per heavy atom. The summed E-state index contributed by atoms with van der Waals surface area (Å²) in [6, 6.07) is 20.4. The van der Waals surface area contributed by atoms with Crippen LogP contribution in [0.2, 0.25) is 5.02 Å². The molecule has 158 valence electrons. The fourth-order valence-corrected chi connectivity index (χ4v) is 4.56. The van der Waals surface area contributed by atoms with Crippen molar-refractivity contribution in [1.82, 2.24) is 24.8 Å². The van der Waals surface area contributed by atoms with Gasteiger partial charge < -0.3 is 0 Å². The highest BCUT2D eigenvalue weighted by molar-refractivity contribution is 7.92. The summed E-state index contributed by atoms with van der Waals surface area (Å²) in [7, 11) is -3.79. The van der Waals surface area contributed by atoms with Crippen molar-refractivity contribution in [2.45, 2.75) is 4.90 Å². The fraction of sp³-hybridized carbons (Fsp3) is 0. The third kappa shape index (κ3) is 3.91. The summed E-state index contributed by atoms with van der Waals surface area (Å²) in [5, 5.41) is 13.4. The molecule has 0 aliphatic rings. The van der Waals surface area contributed by atoms with Gasteiger partial charge in [0, 0.05) is 34.2 Å². The van der Waals surface area contributed by atoms with E-state index in [1.807, 2.05) is 30.3 Å². The summed E-state index contributed by atoms with van der Waals surface area (Å²) in [5.41, 5.74) is 3.20. The molecule has 1 N–H and O–H groups in total. The molecule has 0 amide bonds. The lowest BCUT2D eigenvalue weighted by Gasteiger charge is -2.10. The molecule has 5 rings (SSSR count). The molecule has 0 bridgehead atoms. The van der Waals surface area contributed by atoms with Gasteiger partial charge in [0.1, 0.15) is 0 Å². The Hall–Kier alpha value is -3.82. The van der Waals surface area contributed by atoms with Gasteiger partial charge in [-0.3, -0.25) is 9.71 Å². The minimum atomic E-state index is -3.79. The van der Waals surface area contributed by atoms with Crippen molar-refractivity contribution < 1.29 is 8.42 Å². The minimum absolute atomic E-state index is 0.0847. The Kier molecular flexibility index (Phi) is 5.04. The summed E-state index contributed by atoms with van der Waals surface area (Å²) in [6.07, 6.45) is 3.35. The number of benzene rings is 2. The zero-order chi connectivity index (χ0) is 22.1. The molecule has 5 aromatic rings. The van der Waals surface area contributed by atoms with E-state index in [4.69, 9.17) is 11.6 Å². The van der Waals surface area contributed by atoms with E-state index in [0.29, 0.717) is 27.9 Å². The monoisotopic (exact) mass is 462 g/mol. The normalized spacial score (nSPS) is 11.5. The van der Waals surface area contributed by atoms with Crippen molar-refractivity contribution in [2.75, 3.05) is 4.72 Å². The first-order valence-electron chi connectivity index (χ1n) is 9.51. The molecule has 32 heavy (non-hydrogen) atoms. The third-order valence-electron chi connectivity index (χ3n) is 4.72. The molecule has 8 nitrogen and oxygen atoms in total. The summed E-state index contributed by atoms with van der Waals surface area (Å²) in [4.78, 5) is 4.11. The highest BCUT2D eigenvalue weighted by atomic mass is 35.5. The third-order valence-corrected chi connectivity index (χ3v) is 6.33. The lowest BCUT2D eigenvalue weighted by atomic mass is 10.1. The summed E-state index contributed by atoms with van der Waals surface area (Å²) in [5.74, 6) is 0.585. The molecule has 2 aromatic carbocycles. The molecule has 0 fully saturated rings. The van der Waals surface area contributed by atoms with Crippen LogP contribution in [-0.4, -0.2) is 33.2 Å². The molecule has 0 saturated carbocycles. The van der Waals surface area contributed by atoms with Gasteiger partial charge in [-0.2, -0.15) is 9.61 Å². The van der Waals surface area contributed by atoms with Gasteiger partial charge in [0.25, 0.3) is 10.0 Å². The average Bonchev–Trinajstić information content (AvgIpc) is 3.23. The molecule has 10 heteroatoms. The topological polar surface area (TPSA) is 102 Å². The fourth-order valence-electron chi connectivity index (χ4n) is 3.21. The Morgan fingerprint density at radius 2 is 1.66 bits per heavy atom. The second-order valence-electron chi connectivity index (χ2n) is 6.89. The molecule has 0 saturated heterocycles. The number of rotatable bonds is 5. The van der Waals surface area contributed by atoms with Crippen LogP contribution >= 0.6 is 11.6 Å². The van der Waals surface area contributed by atoms with Crippen molar-refractivity contribution in [3.05, 3.63) is 90.2 Å². The van der Waals surface area contributed by atoms with E-state index in [-0.39, 0.29) is 4.90 Å². The largest absolute Gasteiger partial charge is 0.280 e. The maximum Gasteiger partial charge on any atom is 0.261 e. The number of hydrogen-bond acceptors (Lipinski definition) is 6. The molecule has 3 heterocycles. The first-order valence-corrected chi connectivity index (χ1v) is 11.4. The Morgan fingerprint density at radius 3 is 2.47 bits per heavy atom. The number of nitrogens with zero attached hydrogens (tertiary/aromatic N) is 5. The number of anilines is 1. The Balaban J connectivity index is 1.50. The first-order chi connectivity index (χ1) is 15.5. The number of nitrogens with one attached hydrogen (secondary N) is 1. The van der Waals surface area contributed by atoms with Crippen LogP contribution in [0.3, 0.4) is 0 Å². The molecule has 0 atom stereocenters. The quantitative estimate of drug-likeness (QED) is 0.417. The molecule has 3 aromatic heterocycles. The summed E-state index contributed by atoms with van der Waals surface area (Å²) in [6.45, 7) is 0. The Bertz CT molecular complexity index is 1540. The maximum atomic E-state index is 12.7. The Labute approximate surface area is 188 Å². The SMILES string of the molecule is O=S(=O)(Nc1cccc(-c2ccc3nnc(-c4ccncc4)n3n2)c1)c1cccc(Cl)c1. The van der Waals surface area contributed by atoms with Crippen LogP contribution in [-0.2, 0) is 10.0 Å². The van der Waals surface area contributed by atoms with Crippen LogP contribution in [0.5, 0.6) is 0 Å². The van der Waals surface area contributed by atoms with E-state index in [0.717, 1.165) is 11.1 Å². The number of hydrogen-bond donors (Lipinski definition) is 1. The van der Waals surface area contributed by atoms with Crippen LogP contribution in [0.15, 0.2) is 90.1 Å². The van der Waals surface area contributed by atoms with Gasteiger partial charge in [-0.1, -0.05) is 29.8 Å². The van der Waals surface area contributed by atoms with Crippen LogP contribution in [0.25, 0.3) is 28.3 Å². The molecule has 0 spiro atoms. The second-order valence-corrected chi connectivity index (χ2v) is 9.01. The lowest BCUT2D eigenvalue weighted by Crippen LogP contribution is -2.12. The summed E-state index contributed by atoms with van der Waals surface area (Å²) < 4.78 is 29.7. The highest BCUT2D eigenvalue weighted by Gasteiger charge is 2.16. The van der Waals surface area contributed by atoms with Crippen molar-refractivity contribution in [2.24, 2.45) is 0 Å². The van der Waals surface area contributed by atoms with E-state index < -0.39 is 10.0 Å². The predicted molar refractivity (Wildman–Crippen MR) is 122 cm³/mol. The van der Waals surface area contributed by atoms with Crippen molar-refractivity contribution in [3.8, 4) is 22.6 Å². The first kappa shape index (κ1) is 20.1. The van der Waals surface area contributed by atoms with Gasteiger partial charge in [-0.15, -0.1) is 10.2 Å². The second kappa shape index (κ2) is 8.03. The summed E-state index contributed by atoms with van der Waals surface area (Å²) >= 11 is 5.94. The molecule has 0 unspecified atom stereocenters. The molecule has 0 aliphatic heterocycles. The zero-order valence-corrected chi connectivity index (χ0v) is 18.0. The zero-order valence-electron chi connectivity index (χ0n) is 16.4. The van der Waals surface area contributed by atoms with Crippen LogP contribution < -0.4 is 4.72 Å². The number of halogens is 1. The highest BCUT2D eigenvalue weighted by Crippen LogP contribution is 2.25. The minimum Gasteiger partial charge on any atom is -0.280 e.